The lowest BCUT2D eigenvalue weighted by Crippen LogP contribution is -2.21. The van der Waals surface area contributed by atoms with E-state index < -0.39 is 0 Å². The Hall–Kier alpha value is -2.59. The van der Waals surface area contributed by atoms with Crippen molar-refractivity contribution in [3.63, 3.8) is 0 Å². The van der Waals surface area contributed by atoms with Gasteiger partial charge in [0.25, 0.3) is 5.56 Å². The van der Waals surface area contributed by atoms with Gasteiger partial charge in [-0.25, -0.2) is 0 Å². The third-order valence-electron chi connectivity index (χ3n) is 4.02. The molecule has 0 N–H and O–H groups in total. The van der Waals surface area contributed by atoms with Crippen molar-refractivity contribution in [1.29, 1.82) is 0 Å². The lowest BCUT2D eigenvalue weighted by Gasteiger charge is -2.12. The van der Waals surface area contributed by atoms with Gasteiger partial charge in [0.15, 0.2) is 0 Å². The van der Waals surface area contributed by atoms with Gasteiger partial charge >= 0.3 is 0 Å². The van der Waals surface area contributed by atoms with Gasteiger partial charge in [0.1, 0.15) is 16.7 Å². The number of nitrogens with zero attached hydrogens (tertiary/aromatic N) is 2. The molecular weight excluding hydrogens is 312 g/mol. The number of pyridine rings is 1. The molecule has 0 radical (unpaired) electrons. The standard InChI is InChI=1S/C18H13ClN2O2/c1-11-15-17(20-23-11)16-13(19)8-5-9-14(16)21(18(15)22)10-12-6-3-2-4-7-12/h2-9H,10H2,1H3. The Morgan fingerprint density at radius 1 is 1.09 bits per heavy atom. The summed E-state index contributed by atoms with van der Waals surface area (Å²) in [6, 6.07) is 15.4. The van der Waals surface area contributed by atoms with Gasteiger partial charge in [-0.1, -0.05) is 53.2 Å². The van der Waals surface area contributed by atoms with Crippen molar-refractivity contribution in [2.75, 3.05) is 0 Å². The van der Waals surface area contributed by atoms with Gasteiger partial charge in [-0.2, -0.15) is 0 Å². The molecule has 2 heterocycles. The van der Waals surface area contributed by atoms with Crippen molar-refractivity contribution in [1.82, 2.24) is 9.72 Å². The topological polar surface area (TPSA) is 48.0 Å². The van der Waals surface area contributed by atoms with Crippen LogP contribution in [0, 0.1) is 6.92 Å². The molecule has 0 saturated carbocycles. The average Bonchev–Trinajstić information content (AvgIpc) is 2.94. The first kappa shape index (κ1) is 14.0. The Morgan fingerprint density at radius 2 is 1.87 bits per heavy atom. The second kappa shape index (κ2) is 5.25. The van der Waals surface area contributed by atoms with Crippen molar-refractivity contribution in [3.8, 4) is 0 Å². The van der Waals surface area contributed by atoms with Crippen LogP contribution in [-0.2, 0) is 6.54 Å². The summed E-state index contributed by atoms with van der Waals surface area (Å²) in [4.78, 5) is 13.0. The Kier molecular flexibility index (Phi) is 3.20. The number of hydrogen-bond donors (Lipinski definition) is 0. The Bertz CT molecular complexity index is 1080. The molecule has 0 atom stereocenters. The fraction of sp³-hybridized carbons (Fsp3) is 0.111. The molecule has 0 bridgehead atoms. The molecule has 0 aliphatic rings. The molecule has 4 rings (SSSR count). The van der Waals surface area contributed by atoms with Crippen LogP contribution < -0.4 is 5.56 Å². The molecule has 0 unspecified atom stereocenters. The van der Waals surface area contributed by atoms with E-state index in [0.29, 0.717) is 28.2 Å². The quantitative estimate of drug-likeness (QED) is 0.556. The van der Waals surface area contributed by atoms with Gasteiger partial charge < -0.3 is 9.09 Å². The van der Waals surface area contributed by atoms with Crippen molar-refractivity contribution in [2.24, 2.45) is 0 Å². The summed E-state index contributed by atoms with van der Waals surface area (Å²) in [6.45, 7) is 2.21. The number of fused-ring (bicyclic) bond motifs is 3. The molecular formula is C18H13ClN2O2. The fourth-order valence-electron chi connectivity index (χ4n) is 2.93. The van der Waals surface area contributed by atoms with Gasteiger partial charge in [0.2, 0.25) is 0 Å². The predicted molar refractivity (Wildman–Crippen MR) is 91.1 cm³/mol. The largest absolute Gasteiger partial charge is 0.360 e. The van der Waals surface area contributed by atoms with E-state index in [-0.39, 0.29) is 5.56 Å². The molecule has 23 heavy (non-hydrogen) atoms. The van der Waals surface area contributed by atoms with Crippen LogP contribution in [0.3, 0.4) is 0 Å². The van der Waals surface area contributed by atoms with Gasteiger partial charge in [-0.15, -0.1) is 0 Å². The first-order valence-electron chi connectivity index (χ1n) is 7.28. The van der Waals surface area contributed by atoms with Crippen molar-refractivity contribution < 1.29 is 4.52 Å². The molecule has 2 aromatic carbocycles. The van der Waals surface area contributed by atoms with Crippen LogP contribution in [0.2, 0.25) is 5.02 Å². The van der Waals surface area contributed by atoms with Crippen LogP contribution in [-0.4, -0.2) is 9.72 Å². The normalized spacial score (nSPS) is 11.4. The van der Waals surface area contributed by atoms with Crippen molar-refractivity contribution in [3.05, 3.63) is 75.2 Å². The predicted octanol–water partition coefficient (Wildman–Crippen LogP) is 4.15. The zero-order chi connectivity index (χ0) is 16.0. The summed E-state index contributed by atoms with van der Waals surface area (Å²) >= 11 is 6.38. The summed E-state index contributed by atoms with van der Waals surface area (Å²) in [5.74, 6) is 0.508. The van der Waals surface area contributed by atoms with E-state index in [1.54, 1.807) is 17.6 Å². The molecule has 0 spiro atoms. The molecule has 0 saturated heterocycles. The molecule has 4 aromatic rings. The first-order chi connectivity index (χ1) is 11.2. The van der Waals surface area contributed by atoms with E-state index in [2.05, 4.69) is 5.16 Å². The van der Waals surface area contributed by atoms with Gasteiger partial charge in [-0.05, 0) is 24.6 Å². The lowest BCUT2D eigenvalue weighted by atomic mass is 10.1. The van der Waals surface area contributed by atoms with Crippen LogP contribution in [0.25, 0.3) is 21.8 Å². The zero-order valence-electron chi connectivity index (χ0n) is 12.4. The second-order valence-electron chi connectivity index (χ2n) is 5.47. The maximum atomic E-state index is 13.0. The van der Waals surface area contributed by atoms with Gasteiger partial charge in [0, 0.05) is 5.39 Å². The van der Waals surface area contributed by atoms with Crippen LogP contribution in [0.5, 0.6) is 0 Å². The molecule has 0 fully saturated rings. The lowest BCUT2D eigenvalue weighted by molar-refractivity contribution is 0.406. The molecule has 4 nitrogen and oxygen atoms in total. The number of hydrogen-bond acceptors (Lipinski definition) is 3. The molecule has 0 aliphatic heterocycles. The number of aromatic nitrogens is 2. The fourth-order valence-corrected chi connectivity index (χ4v) is 3.19. The summed E-state index contributed by atoms with van der Waals surface area (Å²) in [5.41, 5.74) is 2.21. The van der Waals surface area contributed by atoms with E-state index >= 15 is 0 Å². The number of halogens is 1. The Labute approximate surface area is 136 Å². The molecule has 0 aliphatic carbocycles. The number of benzene rings is 2. The van der Waals surface area contributed by atoms with E-state index in [1.165, 1.54) is 0 Å². The average molecular weight is 325 g/mol. The van der Waals surface area contributed by atoms with Gasteiger partial charge in [0.05, 0.1) is 17.1 Å². The summed E-state index contributed by atoms with van der Waals surface area (Å²) < 4.78 is 6.97. The monoisotopic (exact) mass is 324 g/mol. The van der Waals surface area contributed by atoms with Crippen LogP contribution in [0.4, 0.5) is 0 Å². The molecule has 2 aromatic heterocycles. The first-order valence-corrected chi connectivity index (χ1v) is 7.65. The highest BCUT2D eigenvalue weighted by Crippen LogP contribution is 2.30. The van der Waals surface area contributed by atoms with Crippen LogP contribution in [0.1, 0.15) is 11.3 Å². The smallest absolute Gasteiger partial charge is 0.264 e. The van der Waals surface area contributed by atoms with Crippen molar-refractivity contribution in [2.45, 2.75) is 13.5 Å². The van der Waals surface area contributed by atoms with E-state index in [4.69, 9.17) is 16.1 Å². The highest BCUT2D eigenvalue weighted by atomic mass is 35.5. The Morgan fingerprint density at radius 3 is 2.65 bits per heavy atom. The zero-order valence-corrected chi connectivity index (χ0v) is 13.2. The summed E-state index contributed by atoms with van der Waals surface area (Å²) in [5, 5.41) is 5.84. The number of aryl methyl sites for hydroxylation is 1. The second-order valence-corrected chi connectivity index (χ2v) is 5.88. The van der Waals surface area contributed by atoms with E-state index in [0.717, 1.165) is 16.5 Å². The maximum Gasteiger partial charge on any atom is 0.264 e. The number of rotatable bonds is 2. The summed E-state index contributed by atoms with van der Waals surface area (Å²) in [6.07, 6.45) is 0. The minimum atomic E-state index is -0.114. The summed E-state index contributed by atoms with van der Waals surface area (Å²) in [7, 11) is 0. The van der Waals surface area contributed by atoms with Crippen LogP contribution in [0.15, 0.2) is 57.8 Å². The van der Waals surface area contributed by atoms with Crippen LogP contribution >= 0.6 is 11.6 Å². The minimum Gasteiger partial charge on any atom is -0.360 e. The van der Waals surface area contributed by atoms with E-state index in [1.807, 2.05) is 42.5 Å². The SMILES string of the molecule is Cc1onc2c1c(=O)n(Cc1ccccc1)c1cccc(Cl)c21. The molecule has 114 valence electrons. The van der Waals surface area contributed by atoms with Gasteiger partial charge in [-0.3, -0.25) is 4.79 Å². The molecule has 5 heteroatoms. The third-order valence-corrected chi connectivity index (χ3v) is 4.34. The molecule has 0 amide bonds. The third kappa shape index (κ3) is 2.14. The maximum absolute atomic E-state index is 13.0. The highest BCUT2D eigenvalue weighted by Gasteiger charge is 2.18. The Balaban J connectivity index is 2.13. The van der Waals surface area contributed by atoms with E-state index in [9.17, 15) is 4.79 Å². The van der Waals surface area contributed by atoms with Crippen molar-refractivity contribution >= 4 is 33.4 Å². The highest BCUT2D eigenvalue weighted by molar-refractivity contribution is 6.37. The minimum absolute atomic E-state index is 0.114.